The number of hydrogen-bond donors (Lipinski definition) is 2. The van der Waals surface area contributed by atoms with E-state index in [-0.39, 0.29) is 10.6 Å². The predicted octanol–water partition coefficient (Wildman–Crippen LogP) is 2.61. The van der Waals surface area contributed by atoms with Crippen molar-refractivity contribution in [2.45, 2.75) is 4.90 Å². The third-order valence-corrected chi connectivity index (χ3v) is 5.85. The Balaban J connectivity index is 1.66. The summed E-state index contributed by atoms with van der Waals surface area (Å²) in [6, 6.07) is 14.7. The molecule has 1 aromatic carbocycles. The Kier molecular flexibility index (Phi) is 5.31. The van der Waals surface area contributed by atoms with Crippen molar-refractivity contribution >= 4 is 33.5 Å². The van der Waals surface area contributed by atoms with E-state index in [1.54, 1.807) is 35.0 Å². The summed E-state index contributed by atoms with van der Waals surface area (Å²) >= 11 is 1.48. The topological polar surface area (TPSA) is 133 Å². The molecule has 4 aromatic rings. The molecule has 0 aliphatic carbocycles. The Morgan fingerprint density at radius 3 is 2.63 bits per heavy atom. The fraction of sp³-hybridized carbons (Fsp3) is 0. The number of sulfonamides is 1. The maximum atomic E-state index is 12.5. The van der Waals surface area contributed by atoms with E-state index in [0.29, 0.717) is 17.1 Å². The zero-order valence-corrected chi connectivity index (χ0v) is 16.9. The third-order valence-electron chi connectivity index (χ3n) is 4.03. The highest BCUT2D eigenvalue weighted by atomic mass is 32.2. The lowest BCUT2D eigenvalue weighted by atomic mass is 10.2. The molecule has 0 fully saturated rings. The molecule has 0 atom stereocenters. The molecule has 4 rings (SSSR count). The van der Waals surface area contributed by atoms with Gasteiger partial charge in [-0.15, -0.1) is 11.3 Å². The Bertz CT molecular complexity index is 1290. The molecule has 0 aliphatic heterocycles. The van der Waals surface area contributed by atoms with Crippen LogP contribution in [0.3, 0.4) is 0 Å². The molecule has 11 heteroatoms. The normalized spacial score (nSPS) is 11.8. The van der Waals surface area contributed by atoms with Crippen molar-refractivity contribution in [2.24, 2.45) is 10.2 Å². The van der Waals surface area contributed by atoms with Gasteiger partial charge < -0.3 is 4.42 Å². The first-order valence-electron chi connectivity index (χ1n) is 8.56. The summed E-state index contributed by atoms with van der Waals surface area (Å²) in [5.41, 5.74) is 3.80. The van der Waals surface area contributed by atoms with Crippen LogP contribution in [0.15, 0.2) is 80.7 Å². The zero-order valence-electron chi connectivity index (χ0n) is 15.3. The van der Waals surface area contributed by atoms with E-state index < -0.39 is 15.9 Å². The van der Waals surface area contributed by atoms with Gasteiger partial charge in [-0.05, 0) is 53.9 Å². The second-order valence-electron chi connectivity index (χ2n) is 6.06. The summed E-state index contributed by atoms with van der Waals surface area (Å²) < 4.78 is 29.7. The summed E-state index contributed by atoms with van der Waals surface area (Å²) in [5, 5.41) is 15.3. The molecule has 0 saturated heterocycles. The van der Waals surface area contributed by atoms with E-state index in [0.717, 1.165) is 4.88 Å². The van der Waals surface area contributed by atoms with Crippen molar-refractivity contribution in [3.05, 3.63) is 77.7 Å². The van der Waals surface area contributed by atoms with Crippen LogP contribution in [-0.4, -0.2) is 30.3 Å². The lowest BCUT2D eigenvalue weighted by Gasteiger charge is -2.07. The number of amides is 1. The fourth-order valence-corrected chi connectivity index (χ4v) is 3.88. The van der Waals surface area contributed by atoms with E-state index in [1.807, 2.05) is 17.5 Å². The molecule has 3 aromatic heterocycles. The van der Waals surface area contributed by atoms with Gasteiger partial charge in [0.1, 0.15) is 5.76 Å². The largest absolute Gasteiger partial charge is 0.463 e. The lowest BCUT2D eigenvalue weighted by molar-refractivity contribution is 0.0949. The highest BCUT2D eigenvalue weighted by molar-refractivity contribution is 7.89. The quantitative estimate of drug-likeness (QED) is 0.351. The Morgan fingerprint density at radius 1 is 1.20 bits per heavy atom. The number of nitrogens with two attached hydrogens (primary N) is 1. The minimum atomic E-state index is -3.81. The van der Waals surface area contributed by atoms with E-state index in [2.05, 4.69) is 15.6 Å². The molecule has 0 aliphatic rings. The van der Waals surface area contributed by atoms with Gasteiger partial charge in [0.05, 0.1) is 33.6 Å². The van der Waals surface area contributed by atoms with Crippen molar-refractivity contribution in [1.29, 1.82) is 0 Å². The number of carbonyl (C=O) groups excluding carboxylic acids is 1. The van der Waals surface area contributed by atoms with Crippen molar-refractivity contribution in [1.82, 2.24) is 15.2 Å². The molecular formula is C19H15N5O4S2. The SMILES string of the molecule is NS(=O)(=O)c1ccc(-n2nc(C(=O)N/N=C\c3ccco3)cc2-c2cccs2)cc1. The highest BCUT2D eigenvalue weighted by Gasteiger charge is 2.18. The molecule has 152 valence electrons. The van der Waals surface area contributed by atoms with Gasteiger partial charge in [-0.1, -0.05) is 6.07 Å². The van der Waals surface area contributed by atoms with Gasteiger partial charge >= 0.3 is 0 Å². The summed E-state index contributed by atoms with van der Waals surface area (Å²) in [4.78, 5) is 13.4. The number of primary sulfonamides is 1. The fourth-order valence-electron chi connectivity index (χ4n) is 2.64. The van der Waals surface area contributed by atoms with Crippen LogP contribution in [0.2, 0.25) is 0 Å². The third kappa shape index (κ3) is 4.22. The van der Waals surface area contributed by atoms with Crippen molar-refractivity contribution in [3.63, 3.8) is 0 Å². The van der Waals surface area contributed by atoms with Crippen LogP contribution in [0.25, 0.3) is 16.3 Å². The molecule has 30 heavy (non-hydrogen) atoms. The second-order valence-corrected chi connectivity index (χ2v) is 8.57. The molecule has 0 bridgehead atoms. The standard InChI is InChI=1S/C19H15N5O4S2/c20-30(26,27)15-7-5-13(6-8-15)24-17(18-4-2-10-29-18)11-16(23-24)19(25)22-21-12-14-3-1-9-28-14/h1-12H,(H,22,25)(H2,20,26,27)/b21-12-. The first-order valence-corrected chi connectivity index (χ1v) is 11.0. The Morgan fingerprint density at radius 2 is 2.00 bits per heavy atom. The predicted molar refractivity (Wildman–Crippen MR) is 112 cm³/mol. The van der Waals surface area contributed by atoms with Crippen LogP contribution in [0, 0.1) is 0 Å². The molecule has 0 unspecified atom stereocenters. The smallest absolute Gasteiger partial charge is 0.291 e. The molecule has 0 saturated carbocycles. The second kappa shape index (κ2) is 8.06. The minimum Gasteiger partial charge on any atom is -0.463 e. The number of thiophene rings is 1. The molecule has 0 spiro atoms. The van der Waals surface area contributed by atoms with E-state index >= 15 is 0 Å². The Hall–Kier alpha value is -3.54. The van der Waals surface area contributed by atoms with Crippen LogP contribution >= 0.6 is 11.3 Å². The molecule has 3 N–H and O–H groups in total. The number of benzene rings is 1. The average Bonchev–Trinajstić information content (AvgIpc) is 3.47. The van der Waals surface area contributed by atoms with E-state index in [1.165, 1.54) is 35.9 Å². The summed E-state index contributed by atoms with van der Waals surface area (Å²) in [6.07, 6.45) is 2.88. The van der Waals surface area contributed by atoms with Crippen molar-refractivity contribution < 1.29 is 17.6 Å². The molecule has 9 nitrogen and oxygen atoms in total. The van der Waals surface area contributed by atoms with Gasteiger partial charge in [-0.25, -0.2) is 23.7 Å². The molecule has 3 heterocycles. The minimum absolute atomic E-state index is 0.0127. The van der Waals surface area contributed by atoms with Gasteiger partial charge in [-0.2, -0.15) is 10.2 Å². The number of carbonyl (C=O) groups is 1. The lowest BCUT2D eigenvalue weighted by Crippen LogP contribution is -2.18. The van der Waals surface area contributed by atoms with Gasteiger partial charge in [0.2, 0.25) is 10.0 Å². The van der Waals surface area contributed by atoms with Crippen LogP contribution in [0.5, 0.6) is 0 Å². The first kappa shape index (κ1) is 19.8. The van der Waals surface area contributed by atoms with Gasteiger partial charge in [0, 0.05) is 0 Å². The number of nitrogens with one attached hydrogen (secondary N) is 1. The number of nitrogens with zero attached hydrogens (tertiary/aromatic N) is 3. The monoisotopic (exact) mass is 441 g/mol. The molecular weight excluding hydrogens is 426 g/mol. The van der Waals surface area contributed by atoms with Gasteiger partial charge in [0.15, 0.2) is 5.69 Å². The van der Waals surface area contributed by atoms with Crippen LogP contribution in [0.4, 0.5) is 0 Å². The number of hydrazone groups is 1. The van der Waals surface area contributed by atoms with Gasteiger partial charge in [0.25, 0.3) is 5.91 Å². The zero-order chi connectivity index (χ0) is 21.1. The van der Waals surface area contributed by atoms with E-state index in [4.69, 9.17) is 9.56 Å². The highest BCUT2D eigenvalue weighted by Crippen LogP contribution is 2.28. The van der Waals surface area contributed by atoms with Crippen molar-refractivity contribution in [3.8, 4) is 16.3 Å². The number of rotatable bonds is 6. The summed E-state index contributed by atoms with van der Waals surface area (Å²) in [7, 11) is -3.81. The van der Waals surface area contributed by atoms with Crippen LogP contribution in [0.1, 0.15) is 16.2 Å². The summed E-state index contributed by atoms with van der Waals surface area (Å²) in [6.45, 7) is 0. The number of hydrogen-bond acceptors (Lipinski definition) is 7. The van der Waals surface area contributed by atoms with E-state index in [9.17, 15) is 13.2 Å². The number of aromatic nitrogens is 2. The van der Waals surface area contributed by atoms with Crippen molar-refractivity contribution in [2.75, 3.05) is 0 Å². The Labute approximate surface area is 175 Å². The molecule has 0 radical (unpaired) electrons. The van der Waals surface area contributed by atoms with Gasteiger partial charge in [-0.3, -0.25) is 4.79 Å². The number of furan rings is 1. The summed E-state index contributed by atoms with van der Waals surface area (Å²) in [5.74, 6) is -0.00873. The van der Waals surface area contributed by atoms with Crippen LogP contribution < -0.4 is 10.6 Å². The maximum Gasteiger partial charge on any atom is 0.291 e. The molecule has 1 amide bonds. The first-order chi connectivity index (χ1) is 14.4. The van der Waals surface area contributed by atoms with Crippen LogP contribution in [-0.2, 0) is 10.0 Å². The average molecular weight is 441 g/mol. The maximum absolute atomic E-state index is 12.5.